The van der Waals surface area contributed by atoms with Gasteiger partial charge in [0.2, 0.25) is 5.56 Å². The maximum Gasteiger partial charge on any atom is 0.257 e. The number of H-pyrrole nitrogens is 1. The Morgan fingerprint density at radius 3 is 2.67 bits per heavy atom. The van der Waals surface area contributed by atoms with Crippen molar-refractivity contribution in [2.24, 2.45) is 0 Å². The number of halogens is 1. The Balaban J connectivity index is 2.18. The van der Waals surface area contributed by atoms with Crippen molar-refractivity contribution in [1.29, 1.82) is 0 Å². The van der Waals surface area contributed by atoms with Crippen LogP contribution in [0.5, 0.6) is 0 Å². The SMILES string of the molecule is Nc1ccc(NC(=O)c2ccc(=O)[nH]c2)cc1Cl. The van der Waals surface area contributed by atoms with Crippen molar-refractivity contribution in [2.45, 2.75) is 0 Å². The lowest BCUT2D eigenvalue weighted by molar-refractivity contribution is 0.102. The number of hydrogen-bond donors (Lipinski definition) is 3. The minimum atomic E-state index is -0.341. The van der Waals surface area contributed by atoms with E-state index in [1.54, 1.807) is 18.2 Å². The van der Waals surface area contributed by atoms with Crippen LogP contribution in [-0.2, 0) is 0 Å². The first-order chi connectivity index (χ1) is 8.56. The molecule has 92 valence electrons. The van der Waals surface area contributed by atoms with Gasteiger partial charge in [-0.05, 0) is 24.3 Å². The predicted octanol–water partition coefficient (Wildman–Crippen LogP) is 1.86. The molecule has 2 aromatic rings. The zero-order valence-electron chi connectivity index (χ0n) is 9.24. The standard InChI is InChI=1S/C12H10ClN3O2/c13-9-5-8(2-3-10(9)14)16-12(18)7-1-4-11(17)15-6-7/h1-6H,14H2,(H,15,17)(H,16,18). The van der Waals surface area contributed by atoms with E-state index in [4.69, 9.17) is 17.3 Å². The molecule has 0 fully saturated rings. The second-order valence-electron chi connectivity index (χ2n) is 3.63. The topological polar surface area (TPSA) is 88.0 Å². The van der Waals surface area contributed by atoms with E-state index in [0.717, 1.165) is 0 Å². The molecule has 0 bridgehead atoms. The summed E-state index contributed by atoms with van der Waals surface area (Å²) >= 11 is 5.84. The molecular formula is C12H10ClN3O2. The highest BCUT2D eigenvalue weighted by molar-refractivity contribution is 6.33. The van der Waals surface area contributed by atoms with E-state index < -0.39 is 0 Å². The third-order valence-corrected chi connectivity index (χ3v) is 2.63. The van der Waals surface area contributed by atoms with Gasteiger partial charge >= 0.3 is 0 Å². The number of nitrogens with one attached hydrogen (secondary N) is 2. The third-order valence-electron chi connectivity index (χ3n) is 2.30. The lowest BCUT2D eigenvalue weighted by Gasteiger charge is -2.06. The number of amides is 1. The monoisotopic (exact) mass is 263 g/mol. The molecule has 0 atom stereocenters. The van der Waals surface area contributed by atoms with Gasteiger partial charge in [0.15, 0.2) is 0 Å². The fourth-order valence-corrected chi connectivity index (χ4v) is 1.54. The fraction of sp³-hybridized carbons (Fsp3) is 0. The quantitative estimate of drug-likeness (QED) is 0.723. The summed E-state index contributed by atoms with van der Waals surface area (Å²) in [7, 11) is 0. The molecule has 0 saturated heterocycles. The summed E-state index contributed by atoms with van der Waals surface area (Å²) in [6, 6.07) is 7.52. The van der Waals surface area contributed by atoms with E-state index in [-0.39, 0.29) is 11.5 Å². The summed E-state index contributed by atoms with van der Waals surface area (Å²) in [6.45, 7) is 0. The smallest absolute Gasteiger partial charge is 0.257 e. The number of aromatic nitrogens is 1. The Morgan fingerprint density at radius 1 is 1.28 bits per heavy atom. The van der Waals surface area contributed by atoms with Crippen molar-refractivity contribution in [3.8, 4) is 0 Å². The molecule has 1 aromatic heterocycles. The van der Waals surface area contributed by atoms with E-state index in [1.807, 2.05) is 0 Å². The second-order valence-corrected chi connectivity index (χ2v) is 4.04. The summed E-state index contributed by atoms with van der Waals surface area (Å²) in [5.74, 6) is -0.341. The van der Waals surface area contributed by atoms with E-state index in [0.29, 0.717) is 22.0 Å². The molecular weight excluding hydrogens is 254 g/mol. The van der Waals surface area contributed by atoms with Crippen molar-refractivity contribution in [3.63, 3.8) is 0 Å². The zero-order chi connectivity index (χ0) is 13.1. The average Bonchev–Trinajstić information content (AvgIpc) is 2.34. The molecule has 0 unspecified atom stereocenters. The van der Waals surface area contributed by atoms with Gasteiger partial charge in [-0.25, -0.2) is 0 Å². The number of carbonyl (C=O) groups is 1. The number of nitrogen functional groups attached to an aromatic ring is 1. The van der Waals surface area contributed by atoms with Crippen LogP contribution in [0.2, 0.25) is 5.02 Å². The van der Waals surface area contributed by atoms with Crippen LogP contribution in [0.1, 0.15) is 10.4 Å². The molecule has 0 aliphatic heterocycles. The van der Waals surface area contributed by atoms with E-state index in [9.17, 15) is 9.59 Å². The third kappa shape index (κ3) is 2.70. The summed E-state index contributed by atoms with van der Waals surface area (Å²) in [5, 5.41) is 3.01. The van der Waals surface area contributed by atoms with Crippen molar-refractivity contribution in [2.75, 3.05) is 11.1 Å². The number of hydrogen-bond acceptors (Lipinski definition) is 3. The highest BCUT2D eigenvalue weighted by Crippen LogP contribution is 2.22. The molecule has 0 spiro atoms. The number of benzene rings is 1. The normalized spacial score (nSPS) is 10.1. The van der Waals surface area contributed by atoms with Crippen molar-refractivity contribution in [3.05, 3.63) is 57.5 Å². The molecule has 0 radical (unpaired) electrons. The lowest BCUT2D eigenvalue weighted by atomic mass is 10.2. The Morgan fingerprint density at radius 2 is 2.06 bits per heavy atom. The first kappa shape index (κ1) is 12.2. The highest BCUT2D eigenvalue weighted by atomic mass is 35.5. The number of rotatable bonds is 2. The molecule has 4 N–H and O–H groups in total. The van der Waals surface area contributed by atoms with Crippen LogP contribution in [0.25, 0.3) is 0 Å². The van der Waals surface area contributed by atoms with Gasteiger partial charge < -0.3 is 16.0 Å². The summed E-state index contributed by atoms with van der Waals surface area (Å²) < 4.78 is 0. The zero-order valence-corrected chi connectivity index (χ0v) is 9.99. The maximum absolute atomic E-state index is 11.8. The van der Waals surface area contributed by atoms with Gasteiger partial charge in [0.25, 0.3) is 5.91 Å². The van der Waals surface area contributed by atoms with Gasteiger partial charge in [0.1, 0.15) is 0 Å². The molecule has 1 heterocycles. The maximum atomic E-state index is 11.8. The molecule has 1 aromatic carbocycles. The molecule has 2 rings (SSSR count). The molecule has 5 nitrogen and oxygen atoms in total. The molecule has 1 amide bonds. The van der Waals surface area contributed by atoms with Gasteiger partial charge in [-0.15, -0.1) is 0 Å². The first-order valence-electron chi connectivity index (χ1n) is 5.11. The van der Waals surface area contributed by atoms with E-state index in [2.05, 4.69) is 10.3 Å². The minimum Gasteiger partial charge on any atom is -0.398 e. The predicted molar refractivity (Wildman–Crippen MR) is 70.9 cm³/mol. The Bertz CT molecular complexity index is 632. The summed E-state index contributed by atoms with van der Waals surface area (Å²) in [4.78, 5) is 25.1. The van der Waals surface area contributed by atoms with Gasteiger partial charge in [0, 0.05) is 18.0 Å². The fourth-order valence-electron chi connectivity index (χ4n) is 1.36. The number of anilines is 2. The van der Waals surface area contributed by atoms with Crippen LogP contribution >= 0.6 is 11.6 Å². The van der Waals surface area contributed by atoms with Gasteiger partial charge in [-0.3, -0.25) is 9.59 Å². The van der Waals surface area contributed by atoms with Gasteiger partial charge in [-0.1, -0.05) is 11.6 Å². The first-order valence-corrected chi connectivity index (χ1v) is 5.49. The average molecular weight is 264 g/mol. The Labute approximate surface area is 108 Å². The number of nitrogens with two attached hydrogens (primary N) is 1. The summed E-state index contributed by atoms with van der Waals surface area (Å²) in [5.41, 5.74) is 6.63. The molecule has 6 heteroatoms. The van der Waals surface area contributed by atoms with Crippen LogP contribution in [0.15, 0.2) is 41.3 Å². The highest BCUT2D eigenvalue weighted by Gasteiger charge is 2.06. The largest absolute Gasteiger partial charge is 0.398 e. The number of carbonyl (C=O) groups excluding carboxylic acids is 1. The van der Waals surface area contributed by atoms with Crippen LogP contribution in [-0.4, -0.2) is 10.9 Å². The molecule has 18 heavy (non-hydrogen) atoms. The van der Waals surface area contributed by atoms with Crippen molar-refractivity contribution < 1.29 is 4.79 Å². The van der Waals surface area contributed by atoms with Crippen LogP contribution in [0, 0.1) is 0 Å². The molecule has 0 aliphatic carbocycles. The van der Waals surface area contributed by atoms with Crippen molar-refractivity contribution in [1.82, 2.24) is 4.98 Å². The lowest BCUT2D eigenvalue weighted by Crippen LogP contribution is -2.14. The van der Waals surface area contributed by atoms with Crippen LogP contribution < -0.4 is 16.6 Å². The Kier molecular flexibility index (Phi) is 3.34. The second kappa shape index (κ2) is 4.93. The summed E-state index contributed by atoms with van der Waals surface area (Å²) in [6.07, 6.45) is 1.34. The number of aromatic amines is 1. The number of pyridine rings is 1. The van der Waals surface area contributed by atoms with E-state index >= 15 is 0 Å². The van der Waals surface area contributed by atoms with Crippen LogP contribution in [0.4, 0.5) is 11.4 Å². The van der Waals surface area contributed by atoms with Gasteiger partial charge in [-0.2, -0.15) is 0 Å². The van der Waals surface area contributed by atoms with Crippen molar-refractivity contribution >= 4 is 28.9 Å². The van der Waals surface area contributed by atoms with E-state index in [1.165, 1.54) is 18.3 Å². The minimum absolute atomic E-state index is 0.262. The Hall–Kier alpha value is -2.27. The van der Waals surface area contributed by atoms with Crippen LogP contribution in [0.3, 0.4) is 0 Å². The van der Waals surface area contributed by atoms with Gasteiger partial charge in [0.05, 0.1) is 16.3 Å². The molecule has 0 saturated carbocycles. The molecule has 0 aliphatic rings.